The smallest absolute Gasteiger partial charge is 0.223 e. The third kappa shape index (κ3) is 6.72. The number of piperidine rings is 1. The largest absolute Gasteiger partial charge is 0.356 e. The minimum absolute atomic E-state index is 0. The maximum absolute atomic E-state index is 12.0. The summed E-state index contributed by atoms with van der Waals surface area (Å²) in [5.74, 6) is 1.21. The summed E-state index contributed by atoms with van der Waals surface area (Å²) in [5, 5.41) is 3.11. The lowest BCUT2D eigenvalue weighted by atomic mass is 9.93. The molecule has 3 N–H and O–H groups in total. The summed E-state index contributed by atoms with van der Waals surface area (Å²) in [5.41, 5.74) is 5.85. The summed E-state index contributed by atoms with van der Waals surface area (Å²) >= 11 is 0. The topological polar surface area (TPSA) is 58.4 Å². The fraction of sp³-hybridized carbons (Fsp3) is 0.933. The number of carbonyl (C=O) groups is 1. The van der Waals surface area contributed by atoms with E-state index >= 15 is 0 Å². The van der Waals surface area contributed by atoms with Crippen LogP contribution >= 0.6 is 24.8 Å². The number of amides is 1. The zero-order valence-electron chi connectivity index (χ0n) is 13.1. The van der Waals surface area contributed by atoms with Crippen LogP contribution in [-0.4, -0.2) is 43.0 Å². The van der Waals surface area contributed by atoms with Gasteiger partial charge in [0.05, 0.1) is 0 Å². The Morgan fingerprint density at radius 1 is 1.19 bits per heavy atom. The van der Waals surface area contributed by atoms with Crippen LogP contribution in [0, 0.1) is 11.8 Å². The summed E-state index contributed by atoms with van der Waals surface area (Å²) < 4.78 is 0. The molecule has 0 aromatic heterocycles. The highest BCUT2D eigenvalue weighted by Crippen LogP contribution is 2.24. The lowest BCUT2D eigenvalue weighted by Crippen LogP contribution is -2.36. The zero-order chi connectivity index (χ0) is 13.7. The number of likely N-dealkylation sites (tertiary alicyclic amines) is 1. The SMILES string of the molecule is CCN1CCC(CCNC(=O)C2CCC(N)C2)CC1.Cl.Cl. The molecule has 1 saturated heterocycles. The van der Waals surface area contributed by atoms with Crippen molar-refractivity contribution in [3.63, 3.8) is 0 Å². The first-order chi connectivity index (χ1) is 9.19. The number of halogens is 2. The molecule has 21 heavy (non-hydrogen) atoms. The fourth-order valence-electron chi connectivity index (χ4n) is 3.39. The van der Waals surface area contributed by atoms with E-state index in [1.54, 1.807) is 0 Å². The Kier molecular flexibility index (Phi) is 10.6. The molecule has 2 fully saturated rings. The minimum atomic E-state index is 0. The van der Waals surface area contributed by atoms with Gasteiger partial charge < -0.3 is 16.0 Å². The molecule has 0 bridgehead atoms. The van der Waals surface area contributed by atoms with Crippen LogP contribution < -0.4 is 11.1 Å². The van der Waals surface area contributed by atoms with Gasteiger partial charge in [-0.3, -0.25) is 4.79 Å². The molecular formula is C15H31Cl2N3O. The van der Waals surface area contributed by atoms with Crippen molar-refractivity contribution in [2.45, 2.75) is 51.5 Å². The van der Waals surface area contributed by atoms with Crippen molar-refractivity contribution in [2.24, 2.45) is 17.6 Å². The summed E-state index contributed by atoms with van der Waals surface area (Å²) in [4.78, 5) is 14.5. The van der Waals surface area contributed by atoms with Gasteiger partial charge >= 0.3 is 0 Å². The van der Waals surface area contributed by atoms with E-state index in [0.717, 1.165) is 38.1 Å². The quantitative estimate of drug-likeness (QED) is 0.807. The molecule has 1 amide bonds. The number of hydrogen-bond acceptors (Lipinski definition) is 3. The molecule has 0 spiro atoms. The molecule has 2 aliphatic rings. The molecule has 1 saturated carbocycles. The second-order valence-corrected chi connectivity index (χ2v) is 6.23. The summed E-state index contributed by atoms with van der Waals surface area (Å²) in [6.07, 6.45) is 6.58. The van der Waals surface area contributed by atoms with Crippen LogP contribution in [0.4, 0.5) is 0 Å². The van der Waals surface area contributed by atoms with Crippen LogP contribution in [0.25, 0.3) is 0 Å². The second kappa shape index (κ2) is 10.7. The first kappa shape index (κ1) is 21.0. The van der Waals surface area contributed by atoms with Crippen LogP contribution in [0.5, 0.6) is 0 Å². The van der Waals surface area contributed by atoms with Crippen molar-refractivity contribution in [1.29, 1.82) is 0 Å². The number of rotatable bonds is 5. The molecule has 4 nitrogen and oxygen atoms in total. The highest BCUT2D eigenvalue weighted by Gasteiger charge is 2.27. The van der Waals surface area contributed by atoms with Gasteiger partial charge in [-0.2, -0.15) is 0 Å². The van der Waals surface area contributed by atoms with Crippen molar-refractivity contribution in [1.82, 2.24) is 10.2 Å². The molecule has 1 aliphatic carbocycles. The maximum Gasteiger partial charge on any atom is 0.223 e. The Hall–Kier alpha value is -0.0300. The molecule has 1 aliphatic heterocycles. The predicted octanol–water partition coefficient (Wildman–Crippen LogP) is 2.20. The highest BCUT2D eigenvalue weighted by molar-refractivity contribution is 5.85. The van der Waals surface area contributed by atoms with E-state index in [1.165, 1.54) is 32.5 Å². The van der Waals surface area contributed by atoms with Gasteiger partial charge in [0.2, 0.25) is 5.91 Å². The molecule has 6 heteroatoms. The van der Waals surface area contributed by atoms with Crippen molar-refractivity contribution in [3.05, 3.63) is 0 Å². The van der Waals surface area contributed by atoms with Gasteiger partial charge in [0, 0.05) is 18.5 Å². The van der Waals surface area contributed by atoms with E-state index < -0.39 is 0 Å². The molecule has 2 rings (SSSR count). The van der Waals surface area contributed by atoms with Crippen LogP contribution in [0.15, 0.2) is 0 Å². The predicted molar refractivity (Wildman–Crippen MR) is 92.3 cm³/mol. The Labute approximate surface area is 141 Å². The van der Waals surface area contributed by atoms with Crippen LogP contribution in [-0.2, 0) is 4.79 Å². The van der Waals surface area contributed by atoms with Gasteiger partial charge in [-0.15, -0.1) is 24.8 Å². The van der Waals surface area contributed by atoms with Gasteiger partial charge in [0.15, 0.2) is 0 Å². The molecule has 0 aromatic carbocycles. The Morgan fingerprint density at radius 2 is 1.86 bits per heavy atom. The van der Waals surface area contributed by atoms with E-state index in [1.807, 2.05) is 0 Å². The third-order valence-electron chi connectivity index (χ3n) is 4.85. The van der Waals surface area contributed by atoms with Crippen LogP contribution in [0.3, 0.4) is 0 Å². The Balaban J connectivity index is 0.00000200. The van der Waals surface area contributed by atoms with E-state index in [4.69, 9.17) is 5.73 Å². The molecule has 0 aromatic rings. The van der Waals surface area contributed by atoms with Gasteiger partial charge in [0.25, 0.3) is 0 Å². The molecular weight excluding hydrogens is 309 g/mol. The molecule has 0 radical (unpaired) electrons. The van der Waals surface area contributed by atoms with E-state index in [0.29, 0.717) is 0 Å². The normalized spacial score (nSPS) is 26.8. The minimum Gasteiger partial charge on any atom is -0.356 e. The lowest BCUT2D eigenvalue weighted by molar-refractivity contribution is -0.124. The Bertz CT molecular complexity index is 297. The van der Waals surface area contributed by atoms with Gasteiger partial charge in [-0.25, -0.2) is 0 Å². The van der Waals surface area contributed by atoms with Crippen molar-refractivity contribution in [2.75, 3.05) is 26.2 Å². The van der Waals surface area contributed by atoms with Gasteiger partial charge in [0.1, 0.15) is 0 Å². The fourth-order valence-corrected chi connectivity index (χ4v) is 3.39. The van der Waals surface area contributed by atoms with Crippen molar-refractivity contribution >= 4 is 30.7 Å². The van der Waals surface area contributed by atoms with Gasteiger partial charge in [-0.1, -0.05) is 6.92 Å². The monoisotopic (exact) mass is 339 g/mol. The number of nitrogens with zero attached hydrogens (tertiary/aromatic N) is 1. The first-order valence-corrected chi connectivity index (χ1v) is 7.94. The zero-order valence-corrected chi connectivity index (χ0v) is 14.7. The lowest BCUT2D eigenvalue weighted by Gasteiger charge is -2.31. The molecule has 126 valence electrons. The Morgan fingerprint density at radius 3 is 2.38 bits per heavy atom. The standard InChI is InChI=1S/C15H29N3O.2ClH/c1-2-18-9-6-12(7-10-18)5-8-17-15(19)13-3-4-14(16)11-13;;/h12-14H,2-11,16H2,1H3,(H,17,19);2*1H. The second-order valence-electron chi connectivity index (χ2n) is 6.23. The number of carbonyl (C=O) groups excluding carboxylic acids is 1. The van der Waals surface area contributed by atoms with Crippen LogP contribution in [0.1, 0.15) is 45.4 Å². The van der Waals surface area contributed by atoms with Crippen molar-refractivity contribution < 1.29 is 4.79 Å². The average Bonchev–Trinajstić information content (AvgIpc) is 2.86. The number of nitrogens with two attached hydrogens (primary N) is 1. The first-order valence-electron chi connectivity index (χ1n) is 7.94. The summed E-state index contributed by atoms with van der Waals surface area (Å²) in [7, 11) is 0. The average molecular weight is 340 g/mol. The molecule has 2 atom stereocenters. The van der Waals surface area contributed by atoms with Crippen LogP contribution in [0.2, 0.25) is 0 Å². The molecule has 2 unspecified atom stereocenters. The number of nitrogens with one attached hydrogen (secondary N) is 1. The van der Waals surface area contributed by atoms with E-state index in [-0.39, 0.29) is 42.7 Å². The maximum atomic E-state index is 12.0. The van der Waals surface area contributed by atoms with E-state index in [9.17, 15) is 4.79 Å². The highest BCUT2D eigenvalue weighted by atomic mass is 35.5. The van der Waals surface area contributed by atoms with E-state index in [2.05, 4.69) is 17.1 Å². The summed E-state index contributed by atoms with van der Waals surface area (Å²) in [6, 6.07) is 0.245. The van der Waals surface area contributed by atoms with Gasteiger partial charge in [-0.05, 0) is 64.1 Å². The number of hydrogen-bond donors (Lipinski definition) is 2. The third-order valence-corrected chi connectivity index (χ3v) is 4.85. The summed E-state index contributed by atoms with van der Waals surface area (Å²) in [6.45, 7) is 6.71. The van der Waals surface area contributed by atoms with Crippen molar-refractivity contribution in [3.8, 4) is 0 Å². The molecule has 1 heterocycles.